The monoisotopic (exact) mass is 385 g/mol. The van der Waals surface area contributed by atoms with Crippen molar-refractivity contribution in [2.75, 3.05) is 14.2 Å². The molecule has 1 amide bonds. The van der Waals surface area contributed by atoms with Crippen LogP contribution in [0.15, 0.2) is 12.1 Å². The number of aryl methyl sites for hydroxylation is 1. The van der Waals surface area contributed by atoms with E-state index in [4.69, 9.17) is 9.47 Å². The fourth-order valence-electron chi connectivity index (χ4n) is 2.90. The van der Waals surface area contributed by atoms with Crippen LogP contribution in [0.4, 0.5) is 13.2 Å². The number of aromatic nitrogens is 4. The van der Waals surface area contributed by atoms with Gasteiger partial charge in [-0.05, 0) is 12.5 Å². The standard InChI is InChI=1S/C16H18F3N5O3/c1-26-13-6-4-10(15(21-13)27-2)14(25)20-7-12-23-22-11-5-3-9(8-24(11)12)16(17,18)19/h4,6,9H,3,5,7-8H2,1-2H3,(H,20,25). The van der Waals surface area contributed by atoms with Gasteiger partial charge in [-0.2, -0.15) is 18.2 Å². The van der Waals surface area contributed by atoms with E-state index in [0.717, 1.165) is 0 Å². The summed E-state index contributed by atoms with van der Waals surface area (Å²) in [4.78, 5) is 16.4. The number of hydrogen-bond acceptors (Lipinski definition) is 6. The number of hydrogen-bond donors (Lipinski definition) is 1. The first-order valence-corrected chi connectivity index (χ1v) is 8.18. The Morgan fingerprint density at radius 2 is 2.07 bits per heavy atom. The van der Waals surface area contributed by atoms with E-state index in [9.17, 15) is 18.0 Å². The number of amides is 1. The van der Waals surface area contributed by atoms with Gasteiger partial charge in [0.2, 0.25) is 11.8 Å². The quantitative estimate of drug-likeness (QED) is 0.843. The van der Waals surface area contributed by atoms with E-state index >= 15 is 0 Å². The van der Waals surface area contributed by atoms with Gasteiger partial charge in [0.25, 0.3) is 5.91 Å². The average molecular weight is 385 g/mol. The molecule has 2 aromatic rings. The second-order valence-corrected chi connectivity index (χ2v) is 6.01. The molecule has 27 heavy (non-hydrogen) atoms. The molecule has 0 bridgehead atoms. The molecule has 1 aliphatic heterocycles. The van der Waals surface area contributed by atoms with Gasteiger partial charge in [-0.15, -0.1) is 10.2 Å². The summed E-state index contributed by atoms with van der Waals surface area (Å²) >= 11 is 0. The Balaban J connectivity index is 1.72. The summed E-state index contributed by atoms with van der Waals surface area (Å²) in [5.74, 6) is -0.819. The zero-order valence-corrected chi connectivity index (χ0v) is 14.7. The van der Waals surface area contributed by atoms with Gasteiger partial charge in [0.1, 0.15) is 11.4 Å². The van der Waals surface area contributed by atoms with Crippen LogP contribution < -0.4 is 14.8 Å². The van der Waals surface area contributed by atoms with Gasteiger partial charge in [0.05, 0.1) is 26.7 Å². The Bertz CT molecular complexity index is 837. The van der Waals surface area contributed by atoms with Crippen LogP contribution in [-0.2, 0) is 19.5 Å². The number of alkyl halides is 3. The maximum atomic E-state index is 13.0. The smallest absolute Gasteiger partial charge is 0.393 e. The fraction of sp³-hybridized carbons (Fsp3) is 0.500. The molecule has 1 atom stereocenters. The number of ether oxygens (including phenoxy) is 2. The third kappa shape index (κ3) is 3.96. The molecule has 0 saturated heterocycles. The van der Waals surface area contributed by atoms with Crippen molar-refractivity contribution in [3.8, 4) is 11.8 Å². The number of nitrogens with one attached hydrogen (secondary N) is 1. The molecule has 3 rings (SSSR count). The fourth-order valence-corrected chi connectivity index (χ4v) is 2.90. The van der Waals surface area contributed by atoms with E-state index < -0.39 is 18.0 Å². The molecule has 1 unspecified atom stereocenters. The molecule has 8 nitrogen and oxygen atoms in total. The normalized spacial score (nSPS) is 16.6. The van der Waals surface area contributed by atoms with Gasteiger partial charge in [-0.25, -0.2) is 0 Å². The lowest BCUT2D eigenvalue weighted by Crippen LogP contribution is -2.34. The third-order valence-electron chi connectivity index (χ3n) is 4.38. The Hall–Kier alpha value is -2.85. The maximum Gasteiger partial charge on any atom is 0.393 e. The Kier molecular flexibility index (Phi) is 5.19. The highest BCUT2D eigenvalue weighted by molar-refractivity contribution is 5.96. The minimum atomic E-state index is -4.27. The van der Waals surface area contributed by atoms with Crippen molar-refractivity contribution >= 4 is 5.91 Å². The van der Waals surface area contributed by atoms with Crippen LogP contribution in [0.25, 0.3) is 0 Å². The summed E-state index contributed by atoms with van der Waals surface area (Å²) in [6.45, 7) is -0.309. The van der Waals surface area contributed by atoms with Crippen LogP contribution in [0.1, 0.15) is 28.4 Å². The van der Waals surface area contributed by atoms with Gasteiger partial charge in [0, 0.05) is 19.0 Å². The number of halogens is 3. The van der Waals surface area contributed by atoms with E-state index in [0.29, 0.717) is 5.82 Å². The highest BCUT2D eigenvalue weighted by atomic mass is 19.4. The third-order valence-corrected chi connectivity index (χ3v) is 4.38. The maximum absolute atomic E-state index is 13.0. The predicted molar refractivity (Wildman–Crippen MR) is 86.4 cm³/mol. The highest BCUT2D eigenvalue weighted by Gasteiger charge is 2.42. The van der Waals surface area contributed by atoms with E-state index in [1.54, 1.807) is 0 Å². The van der Waals surface area contributed by atoms with Crippen molar-refractivity contribution in [3.63, 3.8) is 0 Å². The lowest BCUT2D eigenvalue weighted by Gasteiger charge is -2.26. The van der Waals surface area contributed by atoms with Crippen molar-refractivity contribution in [1.82, 2.24) is 25.1 Å². The van der Waals surface area contributed by atoms with Gasteiger partial charge < -0.3 is 19.4 Å². The van der Waals surface area contributed by atoms with Crippen LogP contribution in [0, 0.1) is 5.92 Å². The largest absolute Gasteiger partial charge is 0.481 e. The van der Waals surface area contributed by atoms with Crippen LogP contribution in [0.3, 0.4) is 0 Å². The average Bonchev–Trinajstić information content (AvgIpc) is 3.07. The molecular weight excluding hydrogens is 367 g/mol. The zero-order valence-electron chi connectivity index (χ0n) is 14.7. The van der Waals surface area contributed by atoms with Gasteiger partial charge in [0.15, 0.2) is 5.82 Å². The summed E-state index contributed by atoms with van der Waals surface area (Å²) in [7, 11) is 2.80. The topological polar surface area (TPSA) is 91.2 Å². The van der Waals surface area contributed by atoms with Crippen molar-refractivity contribution in [1.29, 1.82) is 0 Å². The molecular formula is C16H18F3N5O3. The summed E-state index contributed by atoms with van der Waals surface area (Å²) < 4.78 is 50.5. The molecule has 0 spiro atoms. The minimum Gasteiger partial charge on any atom is -0.481 e. The van der Waals surface area contributed by atoms with Crippen LogP contribution >= 0.6 is 0 Å². The molecule has 146 valence electrons. The molecule has 0 radical (unpaired) electrons. The van der Waals surface area contributed by atoms with E-state index in [1.165, 1.54) is 30.9 Å². The molecule has 2 aromatic heterocycles. The molecule has 0 aliphatic carbocycles. The van der Waals surface area contributed by atoms with Crippen molar-refractivity contribution < 1.29 is 27.4 Å². The molecule has 0 fully saturated rings. The zero-order chi connectivity index (χ0) is 19.6. The van der Waals surface area contributed by atoms with Crippen LogP contribution in [0.5, 0.6) is 11.8 Å². The van der Waals surface area contributed by atoms with Crippen molar-refractivity contribution in [3.05, 3.63) is 29.3 Å². The summed E-state index contributed by atoms with van der Waals surface area (Å²) in [5, 5.41) is 10.4. The number of rotatable bonds is 5. The number of nitrogens with zero attached hydrogens (tertiary/aromatic N) is 4. The molecule has 11 heteroatoms. The van der Waals surface area contributed by atoms with Crippen LogP contribution in [-0.4, -0.2) is 46.1 Å². The van der Waals surface area contributed by atoms with E-state index in [2.05, 4.69) is 20.5 Å². The second-order valence-electron chi connectivity index (χ2n) is 6.01. The number of methoxy groups -OCH3 is 2. The number of pyridine rings is 1. The SMILES string of the molecule is COc1ccc(C(=O)NCc2nnc3n2CC(C(F)(F)F)CC3)c(OC)n1. The lowest BCUT2D eigenvalue weighted by atomic mass is 9.99. The number of fused-ring (bicyclic) bond motifs is 1. The lowest BCUT2D eigenvalue weighted by molar-refractivity contribution is -0.182. The number of carbonyl (C=O) groups excluding carboxylic acids is 1. The number of carbonyl (C=O) groups is 1. The Labute approximate surface area is 152 Å². The van der Waals surface area contributed by atoms with Crippen molar-refractivity contribution in [2.24, 2.45) is 5.92 Å². The first kappa shape index (κ1) is 18.9. The van der Waals surface area contributed by atoms with Crippen molar-refractivity contribution in [2.45, 2.75) is 32.1 Å². The second kappa shape index (κ2) is 7.41. The highest BCUT2D eigenvalue weighted by Crippen LogP contribution is 2.34. The molecule has 0 aromatic carbocycles. The summed E-state index contributed by atoms with van der Waals surface area (Å²) in [6.07, 6.45) is -4.09. The predicted octanol–water partition coefficient (Wildman–Crippen LogP) is 1.74. The molecule has 0 saturated carbocycles. The van der Waals surface area contributed by atoms with Gasteiger partial charge >= 0.3 is 6.18 Å². The molecule has 1 aliphatic rings. The van der Waals surface area contributed by atoms with E-state index in [-0.39, 0.29) is 49.1 Å². The van der Waals surface area contributed by atoms with Gasteiger partial charge in [-0.3, -0.25) is 4.79 Å². The first-order chi connectivity index (χ1) is 12.8. The summed E-state index contributed by atoms with van der Waals surface area (Å²) in [6, 6.07) is 2.99. The first-order valence-electron chi connectivity index (χ1n) is 8.18. The molecule has 3 heterocycles. The van der Waals surface area contributed by atoms with Crippen LogP contribution in [0.2, 0.25) is 0 Å². The minimum absolute atomic E-state index is 0.0112. The Morgan fingerprint density at radius 1 is 1.30 bits per heavy atom. The van der Waals surface area contributed by atoms with E-state index in [1.807, 2.05) is 0 Å². The van der Waals surface area contributed by atoms with Gasteiger partial charge in [-0.1, -0.05) is 0 Å². The molecule has 1 N–H and O–H groups in total. The summed E-state index contributed by atoms with van der Waals surface area (Å²) in [5.41, 5.74) is 0.171. The Morgan fingerprint density at radius 3 is 2.74 bits per heavy atom.